The molecule has 31 heavy (non-hydrogen) atoms. The second-order valence-electron chi connectivity index (χ2n) is 8.29. The predicted molar refractivity (Wildman–Crippen MR) is 130 cm³/mol. The molecule has 2 amide bonds. The third-order valence-corrected chi connectivity index (χ3v) is 7.98. The molecule has 0 aliphatic heterocycles. The molecular weight excluding hydrogens is 426 g/mol. The lowest BCUT2D eigenvalue weighted by atomic mass is 9.94. The second kappa shape index (κ2) is 11.7. The Labute approximate surface area is 194 Å². The summed E-state index contributed by atoms with van der Waals surface area (Å²) in [4.78, 5) is 31.8. The maximum absolute atomic E-state index is 13.0. The van der Waals surface area contributed by atoms with Gasteiger partial charge in [-0.2, -0.15) is 0 Å². The largest absolute Gasteiger partial charge is 0.350 e. The monoisotopic (exact) mass is 459 g/mol. The molecule has 1 aliphatic rings. The van der Waals surface area contributed by atoms with Crippen LogP contribution in [0.2, 0.25) is 0 Å². The first-order valence-electron chi connectivity index (χ1n) is 10.9. The van der Waals surface area contributed by atoms with Crippen LogP contribution in [0.4, 0.5) is 0 Å². The van der Waals surface area contributed by atoms with Crippen molar-refractivity contribution >= 4 is 34.9 Å². The minimum atomic E-state index is -0.0976. The average Bonchev–Trinajstić information content (AvgIpc) is 3.32. The number of amides is 2. The second-order valence-corrected chi connectivity index (χ2v) is 10.3. The first-order valence-corrected chi connectivity index (χ1v) is 12.8. The summed E-state index contributed by atoms with van der Waals surface area (Å²) in [6, 6.07) is 12.2. The standard InChI is InChI=1S/C24H33N3O2S2/c1-26(2)20(22-14-9-15-30-22)16-25-24(29)19-12-7-8-13-21(19)31-17-23(28)27(3)18-10-5-4-6-11-18/h7-9,12-15,18,20H,4-6,10-11,16-17H2,1-3H3,(H,25,29). The molecule has 1 aliphatic carbocycles. The van der Waals surface area contributed by atoms with Crippen LogP contribution < -0.4 is 5.32 Å². The zero-order chi connectivity index (χ0) is 22.2. The molecule has 168 valence electrons. The van der Waals surface area contributed by atoms with Gasteiger partial charge in [-0.3, -0.25) is 9.59 Å². The number of rotatable bonds is 9. The number of thiophene rings is 1. The first-order chi connectivity index (χ1) is 15.0. The smallest absolute Gasteiger partial charge is 0.252 e. The number of nitrogens with one attached hydrogen (secondary N) is 1. The number of benzene rings is 1. The molecular formula is C24H33N3O2S2. The molecule has 0 bridgehead atoms. The van der Waals surface area contributed by atoms with Crippen molar-refractivity contribution in [2.24, 2.45) is 0 Å². The Morgan fingerprint density at radius 3 is 2.52 bits per heavy atom. The van der Waals surface area contributed by atoms with Crippen molar-refractivity contribution in [2.75, 3.05) is 33.4 Å². The van der Waals surface area contributed by atoms with E-state index >= 15 is 0 Å². The van der Waals surface area contributed by atoms with Crippen molar-refractivity contribution in [3.8, 4) is 0 Å². The van der Waals surface area contributed by atoms with E-state index in [1.807, 2.05) is 56.4 Å². The number of carbonyl (C=O) groups is 2. The van der Waals surface area contributed by atoms with Gasteiger partial charge in [-0.05, 0) is 50.5 Å². The molecule has 1 heterocycles. The number of hydrogen-bond donors (Lipinski definition) is 1. The Kier molecular flexibility index (Phi) is 8.99. The highest BCUT2D eigenvalue weighted by atomic mass is 32.2. The predicted octanol–water partition coefficient (Wildman–Crippen LogP) is 4.66. The first kappa shape index (κ1) is 23.8. The van der Waals surface area contributed by atoms with Gasteiger partial charge in [0, 0.05) is 29.4 Å². The Hall–Kier alpha value is -1.83. The molecule has 0 spiro atoms. The van der Waals surface area contributed by atoms with Crippen molar-refractivity contribution in [1.82, 2.24) is 15.1 Å². The number of thioether (sulfide) groups is 1. The van der Waals surface area contributed by atoms with Crippen LogP contribution in [0.15, 0.2) is 46.7 Å². The third kappa shape index (κ3) is 6.57. The summed E-state index contributed by atoms with van der Waals surface area (Å²) in [5, 5.41) is 5.15. The Morgan fingerprint density at radius 1 is 1.10 bits per heavy atom. The Morgan fingerprint density at radius 2 is 1.84 bits per heavy atom. The highest BCUT2D eigenvalue weighted by molar-refractivity contribution is 8.00. The minimum absolute atomic E-state index is 0.0976. The highest BCUT2D eigenvalue weighted by Gasteiger charge is 2.23. The minimum Gasteiger partial charge on any atom is -0.350 e. The summed E-state index contributed by atoms with van der Waals surface area (Å²) >= 11 is 3.15. The van der Waals surface area contributed by atoms with Gasteiger partial charge in [-0.25, -0.2) is 0 Å². The van der Waals surface area contributed by atoms with Gasteiger partial charge in [0.2, 0.25) is 5.91 Å². The van der Waals surface area contributed by atoms with E-state index in [0.717, 1.165) is 17.7 Å². The SMILES string of the molecule is CN(C)C(CNC(=O)c1ccccc1SCC(=O)N(C)C1CCCCC1)c1cccs1. The van der Waals surface area contributed by atoms with Crippen LogP contribution in [0.1, 0.15) is 53.4 Å². The quantitative estimate of drug-likeness (QED) is 0.554. The fraction of sp³-hybridized carbons (Fsp3) is 0.500. The number of likely N-dealkylation sites (N-methyl/N-ethyl adjacent to an activating group) is 1. The summed E-state index contributed by atoms with van der Waals surface area (Å²) in [6.07, 6.45) is 5.89. The van der Waals surface area contributed by atoms with Gasteiger partial charge in [-0.15, -0.1) is 23.1 Å². The molecule has 1 atom stereocenters. The summed E-state index contributed by atoms with van der Waals surface area (Å²) in [7, 11) is 5.97. The van der Waals surface area contributed by atoms with Crippen molar-refractivity contribution in [2.45, 2.75) is 49.1 Å². The third-order valence-electron chi connectivity index (χ3n) is 5.95. The molecule has 1 N–H and O–H groups in total. The lowest BCUT2D eigenvalue weighted by Gasteiger charge is -2.31. The normalized spacial score (nSPS) is 15.6. The summed E-state index contributed by atoms with van der Waals surface area (Å²) in [5.41, 5.74) is 0.629. The van der Waals surface area contributed by atoms with Gasteiger partial charge in [-0.1, -0.05) is 37.5 Å². The van der Waals surface area contributed by atoms with E-state index < -0.39 is 0 Å². The van der Waals surface area contributed by atoms with Gasteiger partial charge in [0.15, 0.2) is 0 Å². The summed E-state index contributed by atoms with van der Waals surface area (Å²) < 4.78 is 0. The summed E-state index contributed by atoms with van der Waals surface area (Å²) in [6.45, 7) is 0.536. The Balaban J connectivity index is 1.59. The maximum Gasteiger partial charge on any atom is 0.252 e. The summed E-state index contributed by atoms with van der Waals surface area (Å²) in [5.74, 6) is 0.393. The maximum atomic E-state index is 13.0. The number of nitrogens with zero attached hydrogens (tertiary/aromatic N) is 2. The fourth-order valence-corrected chi connectivity index (χ4v) is 5.89. The van der Waals surface area contributed by atoms with E-state index in [4.69, 9.17) is 0 Å². The molecule has 0 radical (unpaired) electrons. The van der Waals surface area contributed by atoms with Crippen molar-refractivity contribution < 1.29 is 9.59 Å². The lowest BCUT2D eigenvalue weighted by molar-refractivity contribution is -0.129. The molecule has 1 aromatic carbocycles. The Bertz CT molecular complexity index is 848. The van der Waals surface area contributed by atoms with Gasteiger partial charge in [0.25, 0.3) is 5.91 Å². The molecule has 1 unspecified atom stereocenters. The molecule has 1 aromatic heterocycles. The fourth-order valence-electron chi connectivity index (χ4n) is 4.00. The molecule has 5 nitrogen and oxygen atoms in total. The van der Waals surface area contributed by atoms with E-state index in [1.54, 1.807) is 11.3 Å². The van der Waals surface area contributed by atoms with Crippen LogP contribution in [0, 0.1) is 0 Å². The van der Waals surface area contributed by atoms with Crippen LogP contribution in [-0.4, -0.2) is 61.1 Å². The van der Waals surface area contributed by atoms with Crippen molar-refractivity contribution in [3.05, 3.63) is 52.2 Å². The van der Waals surface area contributed by atoms with Crippen LogP contribution in [0.5, 0.6) is 0 Å². The van der Waals surface area contributed by atoms with E-state index in [2.05, 4.69) is 21.7 Å². The zero-order valence-corrected chi connectivity index (χ0v) is 20.3. The number of hydrogen-bond acceptors (Lipinski definition) is 5. The molecule has 0 saturated heterocycles. The molecule has 1 fully saturated rings. The van der Waals surface area contributed by atoms with Crippen LogP contribution in [-0.2, 0) is 4.79 Å². The van der Waals surface area contributed by atoms with Gasteiger partial charge < -0.3 is 15.1 Å². The molecule has 3 rings (SSSR count). The van der Waals surface area contributed by atoms with Gasteiger partial charge in [0.1, 0.15) is 0 Å². The lowest BCUT2D eigenvalue weighted by Crippen LogP contribution is -2.39. The van der Waals surface area contributed by atoms with Crippen molar-refractivity contribution in [1.29, 1.82) is 0 Å². The van der Waals surface area contributed by atoms with Crippen LogP contribution in [0.25, 0.3) is 0 Å². The van der Waals surface area contributed by atoms with E-state index in [1.165, 1.54) is 35.9 Å². The van der Waals surface area contributed by atoms with Crippen molar-refractivity contribution in [3.63, 3.8) is 0 Å². The van der Waals surface area contributed by atoms with E-state index in [0.29, 0.717) is 23.9 Å². The highest BCUT2D eigenvalue weighted by Crippen LogP contribution is 2.26. The van der Waals surface area contributed by atoms with Crippen LogP contribution >= 0.6 is 23.1 Å². The molecule has 2 aromatic rings. The average molecular weight is 460 g/mol. The van der Waals surface area contributed by atoms with Gasteiger partial charge in [0.05, 0.1) is 17.4 Å². The molecule has 7 heteroatoms. The zero-order valence-electron chi connectivity index (χ0n) is 18.7. The number of carbonyl (C=O) groups excluding carboxylic acids is 2. The van der Waals surface area contributed by atoms with Crippen LogP contribution in [0.3, 0.4) is 0 Å². The van der Waals surface area contributed by atoms with E-state index in [9.17, 15) is 9.59 Å². The topological polar surface area (TPSA) is 52.7 Å². The van der Waals surface area contributed by atoms with Gasteiger partial charge >= 0.3 is 0 Å². The molecule has 1 saturated carbocycles. The van der Waals surface area contributed by atoms with E-state index in [-0.39, 0.29) is 17.9 Å².